The molecule has 0 unspecified atom stereocenters. The van der Waals surface area contributed by atoms with E-state index in [4.69, 9.17) is 18.9 Å². The third-order valence-corrected chi connectivity index (χ3v) is 7.56. The molecule has 0 aliphatic carbocycles. The Bertz CT molecular complexity index is 1730. The van der Waals surface area contributed by atoms with Crippen LogP contribution in [0, 0.1) is 5.82 Å². The molecular formula is C29H25FN4O7S. The number of halogens is 1. The van der Waals surface area contributed by atoms with Gasteiger partial charge in [-0.3, -0.25) is 19.0 Å². The number of thioether (sulfide) groups is 1. The number of carbonyl (C=O) groups is 2. The van der Waals surface area contributed by atoms with E-state index in [1.54, 1.807) is 18.2 Å². The molecule has 2 amide bonds. The lowest BCUT2D eigenvalue weighted by Crippen LogP contribution is -2.26. The largest absolute Gasteiger partial charge is 0.454 e. The van der Waals surface area contributed by atoms with Crippen LogP contribution in [0.3, 0.4) is 0 Å². The molecular weight excluding hydrogens is 567 g/mol. The highest BCUT2D eigenvalue weighted by atomic mass is 32.2. The van der Waals surface area contributed by atoms with Gasteiger partial charge in [-0.05, 0) is 54.4 Å². The van der Waals surface area contributed by atoms with Crippen molar-refractivity contribution < 1.29 is 32.9 Å². The number of fused-ring (bicyclic) bond motifs is 3. The molecule has 1 aromatic heterocycles. The summed E-state index contributed by atoms with van der Waals surface area (Å²) in [6, 6.07) is 14.1. The molecule has 0 bridgehead atoms. The summed E-state index contributed by atoms with van der Waals surface area (Å²) in [4.78, 5) is 43.4. The molecule has 42 heavy (non-hydrogen) atoms. The number of hydrogen-bond donors (Lipinski definition) is 2. The number of carbonyl (C=O) groups excluding carboxylic acids is 2. The van der Waals surface area contributed by atoms with Crippen molar-refractivity contribution >= 4 is 40.2 Å². The van der Waals surface area contributed by atoms with Crippen molar-refractivity contribution in [3.8, 4) is 23.0 Å². The van der Waals surface area contributed by atoms with Crippen molar-refractivity contribution in [1.29, 1.82) is 0 Å². The number of hydrogen-bond acceptors (Lipinski definition) is 9. The summed E-state index contributed by atoms with van der Waals surface area (Å²) in [5.41, 5.74) is 1.41. The Morgan fingerprint density at radius 3 is 2.40 bits per heavy atom. The lowest BCUT2D eigenvalue weighted by atomic mass is 10.2. The molecule has 0 saturated carbocycles. The first-order chi connectivity index (χ1) is 20.4. The zero-order valence-electron chi connectivity index (χ0n) is 22.2. The normalized spacial score (nSPS) is 12.9. The minimum Gasteiger partial charge on any atom is -0.454 e. The minimum atomic E-state index is -0.408. The van der Waals surface area contributed by atoms with Crippen molar-refractivity contribution in [2.45, 2.75) is 31.1 Å². The molecule has 0 radical (unpaired) electrons. The molecule has 2 aliphatic heterocycles. The number of amides is 2. The first-order valence-electron chi connectivity index (χ1n) is 13.1. The van der Waals surface area contributed by atoms with Gasteiger partial charge in [0.25, 0.3) is 5.56 Å². The van der Waals surface area contributed by atoms with Crippen molar-refractivity contribution in [3.05, 3.63) is 76.3 Å². The van der Waals surface area contributed by atoms with Gasteiger partial charge >= 0.3 is 0 Å². The number of nitrogens with one attached hydrogen (secondary N) is 2. The van der Waals surface area contributed by atoms with E-state index in [1.807, 2.05) is 12.1 Å². The van der Waals surface area contributed by atoms with E-state index in [9.17, 15) is 18.8 Å². The molecule has 2 aliphatic rings. The molecule has 0 saturated heterocycles. The highest BCUT2D eigenvalue weighted by Crippen LogP contribution is 2.35. The zero-order chi connectivity index (χ0) is 29.1. The second-order valence-corrected chi connectivity index (χ2v) is 10.4. The number of aromatic nitrogens is 2. The maximum atomic E-state index is 13.6. The van der Waals surface area contributed by atoms with Crippen LogP contribution in [0.4, 0.5) is 10.1 Å². The van der Waals surface area contributed by atoms with Gasteiger partial charge < -0.3 is 29.6 Å². The SMILES string of the molecule is O=C(CCCn1c(SCC(=O)Nc2ccc(F)cc2)nc2cc3c(cc2c1=O)OCO3)NCc1ccc2c(c1)OCO2. The zero-order valence-corrected chi connectivity index (χ0v) is 23.0. The van der Waals surface area contributed by atoms with Crippen LogP contribution in [0.25, 0.3) is 10.9 Å². The van der Waals surface area contributed by atoms with Gasteiger partial charge in [-0.25, -0.2) is 9.37 Å². The Morgan fingerprint density at radius 1 is 0.905 bits per heavy atom. The fraction of sp³-hybridized carbons (Fsp3) is 0.241. The third-order valence-electron chi connectivity index (χ3n) is 6.59. The van der Waals surface area contributed by atoms with E-state index >= 15 is 0 Å². The standard InChI is InChI=1S/C29H25FN4O7S/c30-18-4-6-19(7-5-18)32-27(36)14-42-29-33-21-12-25-24(40-16-41-25)11-20(21)28(37)34(29)9-1-2-26(35)31-13-17-3-8-22-23(10-17)39-15-38-22/h3-8,10-12H,1-2,9,13-16H2,(H,31,35)(H,32,36). The molecule has 4 aromatic rings. The molecule has 6 rings (SSSR count). The third kappa shape index (κ3) is 6.10. The summed E-state index contributed by atoms with van der Waals surface area (Å²) in [5, 5.41) is 6.24. The van der Waals surface area contributed by atoms with Crippen LogP contribution < -0.4 is 35.1 Å². The van der Waals surface area contributed by atoms with Crippen molar-refractivity contribution in [2.75, 3.05) is 24.7 Å². The van der Waals surface area contributed by atoms with Crippen LogP contribution in [0.1, 0.15) is 18.4 Å². The van der Waals surface area contributed by atoms with Crippen LogP contribution in [-0.4, -0.2) is 40.7 Å². The molecule has 2 N–H and O–H groups in total. The Hall–Kier alpha value is -4.78. The quantitative estimate of drug-likeness (QED) is 0.209. The fourth-order valence-corrected chi connectivity index (χ4v) is 5.32. The van der Waals surface area contributed by atoms with E-state index in [-0.39, 0.29) is 49.7 Å². The van der Waals surface area contributed by atoms with Gasteiger partial charge in [-0.15, -0.1) is 0 Å². The molecule has 0 fully saturated rings. The lowest BCUT2D eigenvalue weighted by molar-refractivity contribution is -0.121. The van der Waals surface area contributed by atoms with Crippen LogP contribution in [0.2, 0.25) is 0 Å². The average molecular weight is 593 g/mol. The topological polar surface area (TPSA) is 130 Å². The summed E-state index contributed by atoms with van der Waals surface area (Å²) in [6.07, 6.45) is 0.533. The second kappa shape index (κ2) is 12.0. The number of nitrogens with zero attached hydrogens (tertiary/aromatic N) is 2. The summed E-state index contributed by atoms with van der Waals surface area (Å²) < 4.78 is 36.2. The maximum absolute atomic E-state index is 13.6. The van der Waals surface area contributed by atoms with Crippen LogP contribution in [0.15, 0.2) is 64.5 Å². The van der Waals surface area contributed by atoms with E-state index < -0.39 is 5.82 Å². The maximum Gasteiger partial charge on any atom is 0.262 e. The predicted octanol–water partition coefficient (Wildman–Crippen LogP) is 3.82. The van der Waals surface area contributed by atoms with Crippen molar-refractivity contribution in [2.24, 2.45) is 0 Å². The van der Waals surface area contributed by atoms with Gasteiger partial charge in [0.05, 0.1) is 16.7 Å². The Labute approximate surface area is 242 Å². The van der Waals surface area contributed by atoms with Gasteiger partial charge in [0.1, 0.15) is 5.82 Å². The summed E-state index contributed by atoms with van der Waals surface area (Å²) in [6.45, 7) is 0.753. The van der Waals surface area contributed by atoms with E-state index in [0.717, 1.165) is 17.3 Å². The predicted molar refractivity (Wildman–Crippen MR) is 152 cm³/mol. The first-order valence-corrected chi connectivity index (χ1v) is 14.1. The molecule has 3 aromatic carbocycles. The van der Waals surface area contributed by atoms with Crippen molar-refractivity contribution in [3.63, 3.8) is 0 Å². The number of ether oxygens (including phenoxy) is 4. The second-order valence-electron chi connectivity index (χ2n) is 9.49. The Kier molecular flexibility index (Phi) is 7.82. The highest BCUT2D eigenvalue weighted by molar-refractivity contribution is 7.99. The number of rotatable bonds is 10. The fourth-order valence-electron chi connectivity index (χ4n) is 4.50. The molecule has 0 atom stereocenters. The molecule has 0 spiro atoms. The summed E-state index contributed by atoms with van der Waals surface area (Å²) in [7, 11) is 0. The van der Waals surface area contributed by atoms with Crippen LogP contribution in [0.5, 0.6) is 23.0 Å². The van der Waals surface area contributed by atoms with E-state index in [1.165, 1.54) is 28.8 Å². The Balaban J connectivity index is 1.13. The number of anilines is 1. The first kappa shape index (κ1) is 27.4. The summed E-state index contributed by atoms with van der Waals surface area (Å²) in [5.74, 6) is 1.27. The van der Waals surface area contributed by atoms with Gasteiger partial charge in [0.2, 0.25) is 25.4 Å². The smallest absolute Gasteiger partial charge is 0.262 e. The monoisotopic (exact) mass is 592 g/mol. The number of benzene rings is 3. The molecule has 11 nitrogen and oxygen atoms in total. The molecule has 3 heterocycles. The Morgan fingerprint density at radius 2 is 1.62 bits per heavy atom. The van der Waals surface area contributed by atoms with E-state index in [2.05, 4.69) is 15.6 Å². The van der Waals surface area contributed by atoms with Gasteiger partial charge in [0.15, 0.2) is 28.2 Å². The summed E-state index contributed by atoms with van der Waals surface area (Å²) >= 11 is 1.09. The minimum absolute atomic E-state index is 0.0457. The van der Waals surface area contributed by atoms with Crippen LogP contribution >= 0.6 is 11.8 Å². The van der Waals surface area contributed by atoms with Crippen LogP contribution in [-0.2, 0) is 22.7 Å². The van der Waals surface area contributed by atoms with Gasteiger partial charge in [-0.2, -0.15) is 0 Å². The van der Waals surface area contributed by atoms with Gasteiger partial charge in [-0.1, -0.05) is 17.8 Å². The molecule has 216 valence electrons. The van der Waals surface area contributed by atoms with Crippen molar-refractivity contribution in [1.82, 2.24) is 14.9 Å². The van der Waals surface area contributed by atoms with Gasteiger partial charge in [0, 0.05) is 31.3 Å². The lowest BCUT2D eigenvalue weighted by Gasteiger charge is -2.14. The highest BCUT2D eigenvalue weighted by Gasteiger charge is 2.20. The molecule has 13 heteroatoms. The van der Waals surface area contributed by atoms with E-state index in [0.29, 0.717) is 57.7 Å². The average Bonchev–Trinajstić information content (AvgIpc) is 3.65.